The minimum Gasteiger partial charge on any atom is -0.501 e. The normalized spacial score (nSPS) is 13.5. The largest absolute Gasteiger partial charge is 0.501 e. The maximum Gasteiger partial charge on any atom is 0.120 e. The van der Waals surface area contributed by atoms with Gasteiger partial charge in [-0.2, -0.15) is 0 Å². The molecule has 57 heavy (non-hydrogen) atoms. The van der Waals surface area contributed by atoms with Crippen LogP contribution in [0.25, 0.3) is 72.4 Å². The van der Waals surface area contributed by atoms with Gasteiger partial charge >= 0.3 is 145 Å². The van der Waals surface area contributed by atoms with E-state index in [1.165, 1.54) is 17.2 Å². The fourth-order valence-corrected chi connectivity index (χ4v) is 9.96. The summed E-state index contributed by atoms with van der Waals surface area (Å²) in [6.07, 6.45) is 0.303. The van der Waals surface area contributed by atoms with E-state index in [-0.39, 0.29) is 25.7 Å². The first kappa shape index (κ1) is 34.0. The molecule has 0 saturated heterocycles. The van der Waals surface area contributed by atoms with Gasteiger partial charge in [0.25, 0.3) is 0 Å². The molecule has 9 aromatic rings. The van der Waals surface area contributed by atoms with Crippen molar-refractivity contribution in [3.63, 3.8) is 0 Å². The number of fused-ring (bicyclic) bond motifs is 4. The van der Waals surface area contributed by atoms with Gasteiger partial charge in [0.1, 0.15) is 5.58 Å². The Hall–Kier alpha value is -5.07. The van der Waals surface area contributed by atoms with E-state index < -0.39 is 31.9 Å². The van der Waals surface area contributed by atoms with E-state index >= 15 is 0 Å². The van der Waals surface area contributed by atoms with Crippen LogP contribution in [0, 0.1) is 24.4 Å². The minimum absolute atomic E-state index is 0. The molecular formula is C51H47GeIrN3O-2. The van der Waals surface area contributed by atoms with Gasteiger partial charge in [-0.3, -0.25) is 4.98 Å². The zero-order chi connectivity index (χ0) is 43.3. The predicted molar refractivity (Wildman–Crippen MR) is 237 cm³/mol. The summed E-state index contributed by atoms with van der Waals surface area (Å²) >= 11 is -2.36. The number of rotatable bonds is 6. The molecule has 0 aliphatic rings. The molecule has 0 bridgehead atoms. The number of aryl methyl sites for hydroxylation is 1. The van der Waals surface area contributed by atoms with Crippen LogP contribution in [-0.4, -0.2) is 27.8 Å². The molecule has 6 aromatic carbocycles. The predicted octanol–water partition coefficient (Wildman–Crippen LogP) is 13.0. The molecule has 4 nitrogen and oxygen atoms in total. The van der Waals surface area contributed by atoms with Gasteiger partial charge in [-0.15, -0.1) is 18.2 Å². The second-order valence-corrected chi connectivity index (χ2v) is 26.7. The number of benzene rings is 6. The first-order chi connectivity index (χ1) is 28.9. The third-order valence-electron chi connectivity index (χ3n) is 9.67. The number of imidazole rings is 1. The van der Waals surface area contributed by atoms with Crippen molar-refractivity contribution in [2.75, 3.05) is 0 Å². The molecule has 0 amide bonds. The summed E-state index contributed by atoms with van der Waals surface area (Å²) < 4.78 is 49.6. The van der Waals surface area contributed by atoms with Crippen LogP contribution in [0.3, 0.4) is 0 Å². The van der Waals surface area contributed by atoms with Gasteiger partial charge in [-0.1, -0.05) is 83.7 Å². The van der Waals surface area contributed by atoms with Crippen LogP contribution in [0.1, 0.15) is 38.8 Å². The number of pyridine rings is 1. The summed E-state index contributed by atoms with van der Waals surface area (Å²) in [6, 6.07) is 52.4. The Labute approximate surface area is 359 Å². The minimum atomic E-state index is -2.36. The summed E-state index contributed by atoms with van der Waals surface area (Å²) in [4.78, 5) is 9.60. The first-order valence-electron chi connectivity index (χ1n) is 21.4. The smallest absolute Gasteiger partial charge is 0.120 e. The SMILES string of the molecule is [2H]C([2H])([2H])c1c[c-]c(-c2cc(C([2H])([2H])C(C)(C)C)[c]([Ge]([CH3])([CH3])[CH3])cn2)cc1.[Ir].[c-]1ccc2c(oc3ccccc32)c1-c1nc2ccccc2n1-c1ccc(-c2ccccc2)cc1. The summed E-state index contributed by atoms with van der Waals surface area (Å²) in [5.74, 6) is 7.51. The molecule has 0 saturated carbocycles. The molecule has 0 N–H and O–H groups in total. The number of hydrogen-bond acceptors (Lipinski definition) is 3. The van der Waals surface area contributed by atoms with Crippen LogP contribution >= 0.6 is 0 Å². The molecule has 287 valence electrons. The molecule has 0 fully saturated rings. The maximum atomic E-state index is 8.80. The second-order valence-electron chi connectivity index (χ2n) is 16.1. The van der Waals surface area contributed by atoms with Gasteiger partial charge in [0.05, 0.1) is 22.4 Å². The van der Waals surface area contributed by atoms with Gasteiger partial charge in [-0.05, 0) is 41.5 Å². The van der Waals surface area contributed by atoms with Crippen LogP contribution in [0.4, 0.5) is 0 Å². The van der Waals surface area contributed by atoms with E-state index in [0.717, 1.165) is 54.4 Å². The Balaban J connectivity index is 0.000000189. The van der Waals surface area contributed by atoms with Crippen molar-refractivity contribution in [3.05, 3.63) is 169 Å². The monoisotopic (exact) mass is 989 g/mol. The molecule has 0 atom stereocenters. The summed E-state index contributed by atoms with van der Waals surface area (Å²) in [6.45, 7) is 3.55. The van der Waals surface area contributed by atoms with E-state index in [0.29, 0.717) is 16.8 Å². The molecule has 0 aliphatic heterocycles. The molecule has 0 unspecified atom stereocenters. The van der Waals surface area contributed by atoms with Crippen LogP contribution in [-0.2, 0) is 26.5 Å². The number of hydrogen-bond donors (Lipinski definition) is 0. The van der Waals surface area contributed by atoms with E-state index in [2.05, 4.69) is 106 Å². The Bertz CT molecular complexity index is 3000. The Kier molecular flexibility index (Phi) is 9.80. The third kappa shape index (κ3) is 8.62. The molecule has 1 radical (unpaired) electrons. The average Bonchev–Trinajstić information content (AvgIpc) is 3.82. The molecule has 0 aliphatic carbocycles. The van der Waals surface area contributed by atoms with Gasteiger partial charge in [0.2, 0.25) is 0 Å². The van der Waals surface area contributed by atoms with Crippen molar-refractivity contribution in [1.82, 2.24) is 14.5 Å². The van der Waals surface area contributed by atoms with Gasteiger partial charge in [0, 0.05) is 31.2 Å². The number of nitrogens with zero attached hydrogens (tertiary/aromatic N) is 3. The molecular weight excluding hydrogens is 935 g/mol. The topological polar surface area (TPSA) is 43.9 Å². The standard InChI is InChI=1S/C31H19N2O.C20H28GeN.Ir/c1-2-9-21(10-3-1)22-17-19-23(20-18-22)33-28-15-6-5-14-27(28)32-31(33)26-13-8-12-25-24-11-4-7-16-29(24)34-30(25)26;1-15-8-10-16(11-9-15)19-12-17(13-20(2,3)4)18(14-22-19)21(5,6)7;/h1-12,14-20H;8-10,12,14H,13H2,1-7H3;/q2*-1;/i;1D3,13D2;. The fraction of sp³-hybridized carbons (Fsp3) is 0.176. The summed E-state index contributed by atoms with van der Waals surface area (Å²) in [5, 5.41) is 2.17. The van der Waals surface area contributed by atoms with Gasteiger partial charge in [0.15, 0.2) is 0 Å². The zero-order valence-electron chi connectivity index (χ0n) is 37.9. The fourth-order valence-electron chi connectivity index (χ4n) is 7.04. The molecule has 3 aromatic heterocycles. The van der Waals surface area contributed by atoms with Gasteiger partial charge < -0.3 is 8.98 Å². The van der Waals surface area contributed by atoms with Crippen molar-refractivity contribution < 1.29 is 31.4 Å². The van der Waals surface area contributed by atoms with Gasteiger partial charge in [-0.25, -0.2) is 0 Å². The third-order valence-corrected chi connectivity index (χ3v) is 13.9. The van der Waals surface area contributed by atoms with Crippen molar-refractivity contribution in [1.29, 1.82) is 0 Å². The Morgan fingerprint density at radius 3 is 2.23 bits per heavy atom. The van der Waals surface area contributed by atoms with Crippen LogP contribution in [0.15, 0.2) is 150 Å². The van der Waals surface area contributed by atoms with E-state index in [1.54, 1.807) is 12.1 Å². The van der Waals surface area contributed by atoms with E-state index in [1.807, 2.05) is 81.6 Å². The van der Waals surface area contributed by atoms with Crippen LogP contribution < -0.4 is 4.40 Å². The second kappa shape index (κ2) is 16.4. The van der Waals surface area contributed by atoms with E-state index in [4.69, 9.17) is 16.3 Å². The van der Waals surface area contributed by atoms with Crippen LogP contribution in [0.2, 0.25) is 17.3 Å². The molecule has 3 heterocycles. The molecule has 0 spiro atoms. The Morgan fingerprint density at radius 2 is 1.51 bits per heavy atom. The summed E-state index contributed by atoms with van der Waals surface area (Å²) in [5.41, 5.74) is 9.59. The van der Waals surface area contributed by atoms with Crippen molar-refractivity contribution >= 4 is 50.6 Å². The summed E-state index contributed by atoms with van der Waals surface area (Å²) in [7, 11) is 0. The van der Waals surface area contributed by atoms with Crippen LogP contribution in [0.5, 0.6) is 0 Å². The van der Waals surface area contributed by atoms with E-state index in [9.17, 15) is 0 Å². The Morgan fingerprint density at radius 1 is 0.789 bits per heavy atom. The molecule has 6 heteroatoms. The quantitative estimate of drug-likeness (QED) is 0.123. The zero-order valence-corrected chi connectivity index (χ0v) is 37.4. The van der Waals surface area contributed by atoms with Crippen molar-refractivity contribution in [2.24, 2.45) is 5.41 Å². The van der Waals surface area contributed by atoms with Crippen molar-refractivity contribution in [2.45, 2.75) is 51.3 Å². The number of para-hydroxylation sites is 3. The molecule has 9 rings (SSSR count). The number of aromatic nitrogens is 3. The van der Waals surface area contributed by atoms with Crippen molar-refractivity contribution in [3.8, 4) is 39.5 Å². The number of furan rings is 1. The average molecular weight is 988 g/mol. The first-order valence-corrected chi connectivity index (χ1v) is 26.3. The maximum absolute atomic E-state index is 8.80.